The number of halogens is 1. The SMILES string of the molecule is Cc1ccc(F)c([C@@H](C)[C@H](NS(=O)(=O)N2CCC3(CC2)OCCCO3)c2n[nH]c(=O)o2)c1C. The van der Waals surface area contributed by atoms with Crippen LogP contribution in [0, 0.1) is 19.7 Å². The summed E-state index contributed by atoms with van der Waals surface area (Å²) in [7, 11) is -4.03. The molecule has 0 bridgehead atoms. The minimum absolute atomic E-state index is 0.163. The smallest absolute Gasteiger partial charge is 0.391 e. The molecule has 0 aliphatic carbocycles. The monoisotopic (exact) mass is 484 g/mol. The quantitative estimate of drug-likeness (QED) is 0.642. The van der Waals surface area contributed by atoms with Gasteiger partial charge in [0, 0.05) is 31.8 Å². The summed E-state index contributed by atoms with van der Waals surface area (Å²) in [6, 6.07) is 1.89. The number of H-pyrrole nitrogens is 1. The van der Waals surface area contributed by atoms with Crippen molar-refractivity contribution in [1.29, 1.82) is 0 Å². The van der Waals surface area contributed by atoms with E-state index < -0.39 is 39.5 Å². The molecule has 0 amide bonds. The summed E-state index contributed by atoms with van der Waals surface area (Å²) in [6.07, 6.45) is 1.61. The van der Waals surface area contributed by atoms with Crippen LogP contribution in [0.25, 0.3) is 0 Å². The van der Waals surface area contributed by atoms with Gasteiger partial charge in [-0.25, -0.2) is 14.3 Å². The van der Waals surface area contributed by atoms with Crippen LogP contribution >= 0.6 is 0 Å². The molecule has 12 heteroatoms. The average Bonchev–Trinajstić information content (AvgIpc) is 3.22. The first-order chi connectivity index (χ1) is 15.6. The molecule has 4 rings (SSSR count). The molecule has 3 heterocycles. The summed E-state index contributed by atoms with van der Waals surface area (Å²) in [5.41, 5.74) is 1.88. The van der Waals surface area contributed by atoms with Crippen LogP contribution in [-0.4, -0.2) is 55.0 Å². The molecule has 2 aliphatic heterocycles. The van der Waals surface area contributed by atoms with Gasteiger partial charge in [0.1, 0.15) is 11.9 Å². The number of nitrogens with one attached hydrogen (secondary N) is 2. The standard InChI is InChI=1S/C21H29FN4O6S/c1-13-5-6-16(22)17(14(13)2)15(3)18(19-23-24-20(27)32-19)25-33(28,29)26-9-7-21(8-10-26)30-11-4-12-31-21/h5-6,15,18,25H,4,7-12H2,1-3H3,(H,24,27)/t15-,18+/m1/s1. The Kier molecular flexibility index (Phi) is 6.74. The number of hydrogen-bond donors (Lipinski definition) is 2. The average molecular weight is 485 g/mol. The third kappa shape index (κ3) is 4.90. The Balaban J connectivity index is 1.60. The number of aromatic nitrogens is 2. The van der Waals surface area contributed by atoms with Gasteiger partial charge in [0.25, 0.3) is 10.2 Å². The summed E-state index contributed by atoms with van der Waals surface area (Å²) >= 11 is 0. The predicted octanol–water partition coefficient (Wildman–Crippen LogP) is 2.03. The fraction of sp³-hybridized carbons (Fsp3) is 0.619. The third-order valence-corrected chi connectivity index (χ3v) is 8.12. The van der Waals surface area contributed by atoms with Gasteiger partial charge in [-0.3, -0.25) is 0 Å². The molecule has 1 spiro atoms. The summed E-state index contributed by atoms with van der Waals surface area (Å²) in [5.74, 6) is -2.92. The first-order valence-corrected chi connectivity index (χ1v) is 12.4. The van der Waals surface area contributed by atoms with Gasteiger partial charge in [-0.1, -0.05) is 13.0 Å². The summed E-state index contributed by atoms with van der Waals surface area (Å²) in [5, 5.41) is 5.98. The topological polar surface area (TPSA) is 127 Å². The summed E-state index contributed by atoms with van der Waals surface area (Å²) < 4.78 is 62.0. The lowest BCUT2D eigenvalue weighted by atomic mass is 9.88. The van der Waals surface area contributed by atoms with E-state index in [-0.39, 0.29) is 19.0 Å². The molecule has 2 atom stereocenters. The molecular formula is C21H29FN4O6S. The molecule has 182 valence electrons. The fourth-order valence-electron chi connectivity index (χ4n) is 4.48. The van der Waals surface area contributed by atoms with Crippen LogP contribution in [0.5, 0.6) is 0 Å². The number of ether oxygens (including phenoxy) is 2. The predicted molar refractivity (Wildman–Crippen MR) is 116 cm³/mol. The zero-order valence-electron chi connectivity index (χ0n) is 18.9. The van der Waals surface area contributed by atoms with Crippen molar-refractivity contribution in [2.75, 3.05) is 26.3 Å². The van der Waals surface area contributed by atoms with Gasteiger partial charge in [0.05, 0.1) is 13.2 Å². The summed E-state index contributed by atoms with van der Waals surface area (Å²) in [4.78, 5) is 11.6. The number of benzene rings is 1. The van der Waals surface area contributed by atoms with Crippen LogP contribution in [0.2, 0.25) is 0 Å². The van der Waals surface area contributed by atoms with Gasteiger partial charge < -0.3 is 13.9 Å². The van der Waals surface area contributed by atoms with Crippen LogP contribution in [0.1, 0.15) is 60.7 Å². The van der Waals surface area contributed by atoms with E-state index in [0.29, 0.717) is 37.2 Å². The van der Waals surface area contributed by atoms with E-state index in [1.165, 1.54) is 10.4 Å². The van der Waals surface area contributed by atoms with Crippen molar-refractivity contribution in [3.8, 4) is 0 Å². The van der Waals surface area contributed by atoms with E-state index in [9.17, 15) is 17.6 Å². The van der Waals surface area contributed by atoms with Crippen LogP contribution in [0.15, 0.2) is 21.3 Å². The molecule has 10 nitrogen and oxygen atoms in total. The molecular weight excluding hydrogens is 455 g/mol. The van der Waals surface area contributed by atoms with Crippen molar-refractivity contribution in [3.63, 3.8) is 0 Å². The third-order valence-electron chi connectivity index (χ3n) is 6.53. The number of nitrogens with zero attached hydrogens (tertiary/aromatic N) is 2. The maximum atomic E-state index is 14.8. The van der Waals surface area contributed by atoms with Crippen molar-refractivity contribution in [2.45, 2.75) is 57.8 Å². The minimum atomic E-state index is -4.03. The molecule has 33 heavy (non-hydrogen) atoms. The lowest BCUT2D eigenvalue weighted by Gasteiger charge is -2.43. The van der Waals surface area contributed by atoms with Crippen LogP contribution in [0.3, 0.4) is 0 Å². The zero-order chi connectivity index (χ0) is 23.8. The maximum Gasteiger partial charge on any atom is 0.434 e. The number of hydrogen-bond acceptors (Lipinski definition) is 7. The van der Waals surface area contributed by atoms with Crippen molar-refractivity contribution in [2.24, 2.45) is 0 Å². The van der Waals surface area contributed by atoms with E-state index in [2.05, 4.69) is 14.9 Å². The summed E-state index contributed by atoms with van der Waals surface area (Å²) in [6.45, 7) is 6.84. The van der Waals surface area contributed by atoms with E-state index in [4.69, 9.17) is 13.9 Å². The van der Waals surface area contributed by atoms with E-state index >= 15 is 0 Å². The Hall–Kier alpha value is -2.12. The molecule has 2 fully saturated rings. The van der Waals surface area contributed by atoms with Crippen LogP contribution in [-0.2, 0) is 19.7 Å². The second-order valence-corrected chi connectivity index (χ2v) is 10.3. The van der Waals surface area contributed by atoms with Crippen LogP contribution in [0.4, 0.5) is 4.39 Å². The van der Waals surface area contributed by atoms with Gasteiger partial charge in [-0.2, -0.15) is 17.4 Å². The second-order valence-electron chi connectivity index (χ2n) is 8.60. The molecule has 1 aromatic heterocycles. The lowest BCUT2D eigenvalue weighted by molar-refractivity contribution is -0.280. The van der Waals surface area contributed by atoms with Crippen molar-refractivity contribution >= 4 is 10.2 Å². The fourth-order valence-corrected chi connectivity index (χ4v) is 5.92. The number of rotatable bonds is 6. The highest BCUT2D eigenvalue weighted by Gasteiger charge is 2.42. The van der Waals surface area contributed by atoms with Gasteiger partial charge in [0.2, 0.25) is 5.89 Å². The number of aromatic amines is 1. The molecule has 0 saturated carbocycles. The zero-order valence-corrected chi connectivity index (χ0v) is 19.7. The van der Waals surface area contributed by atoms with Crippen molar-refractivity contribution < 1.29 is 26.7 Å². The largest absolute Gasteiger partial charge is 0.434 e. The molecule has 0 radical (unpaired) electrons. The Morgan fingerprint density at radius 2 is 1.88 bits per heavy atom. The number of aryl methyl sites for hydroxylation is 1. The molecule has 0 unspecified atom stereocenters. The van der Waals surface area contributed by atoms with Gasteiger partial charge >= 0.3 is 5.76 Å². The molecule has 2 aromatic rings. The minimum Gasteiger partial charge on any atom is -0.391 e. The van der Waals surface area contributed by atoms with Crippen molar-refractivity contribution in [3.05, 3.63) is 51.1 Å². The van der Waals surface area contributed by atoms with E-state index in [0.717, 1.165) is 12.0 Å². The van der Waals surface area contributed by atoms with Gasteiger partial charge in [0.15, 0.2) is 5.79 Å². The van der Waals surface area contributed by atoms with Gasteiger partial charge in [-0.05, 0) is 43.0 Å². The second kappa shape index (κ2) is 9.26. The molecule has 2 aliphatic rings. The van der Waals surface area contributed by atoms with E-state index in [1.54, 1.807) is 19.9 Å². The molecule has 1 aromatic carbocycles. The number of piperidine rings is 1. The van der Waals surface area contributed by atoms with Crippen molar-refractivity contribution in [1.82, 2.24) is 19.2 Å². The van der Waals surface area contributed by atoms with Gasteiger partial charge in [-0.15, -0.1) is 5.10 Å². The maximum absolute atomic E-state index is 14.8. The Labute approximate surface area is 191 Å². The Morgan fingerprint density at radius 3 is 2.48 bits per heavy atom. The first-order valence-electron chi connectivity index (χ1n) is 11.0. The lowest BCUT2D eigenvalue weighted by Crippen LogP contribution is -2.54. The molecule has 2 saturated heterocycles. The Morgan fingerprint density at radius 1 is 1.21 bits per heavy atom. The Bertz CT molecular complexity index is 1150. The molecule has 2 N–H and O–H groups in total. The highest BCUT2D eigenvalue weighted by Crippen LogP contribution is 2.36. The normalized spacial score (nSPS) is 21.2. The van der Waals surface area contributed by atoms with E-state index in [1.807, 2.05) is 6.92 Å². The first kappa shape index (κ1) is 24.0. The highest BCUT2D eigenvalue weighted by atomic mass is 32.2. The van der Waals surface area contributed by atoms with Crippen LogP contribution < -0.4 is 10.5 Å². The highest BCUT2D eigenvalue weighted by molar-refractivity contribution is 7.87.